The van der Waals surface area contributed by atoms with Crippen molar-refractivity contribution in [2.75, 3.05) is 0 Å². The summed E-state index contributed by atoms with van der Waals surface area (Å²) >= 11 is 0. The second-order valence-electron chi connectivity index (χ2n) is 5.12. The van der Waals surface area contributed by atoms with Gasteiger partial charge in [0.15, 0.2) is 0 Å². The average molecular weight is 184 g/mol. The van der Waals surface area contributed by atoms with Crippen LogP contribution in [-0.2, 0) is 4.79 Å². The molecule has 2 saturated carbocycles. The van der Waals surface area contributed by atoms with Crippen molar-refractivity contribution in [3.8, 4) is 0 Å². The van der Waals surface area contributed by atoms with Crippen LogP contribution in [0.4, 0.5) is 0 Å². The number of hydrogen-bond acceptors (Lipinski definition) is 2. The largest absolute Gasteiger partial charge is 0.481 e. The number of carboxylic acids is 1. The van der Waals surface area contributed by atoms with Crippen LogP contribution in [0.1, 0.15) is 33.1 Å². The molecule has 0 aliphatic heterocycles. The maximum Gasteiger partial charge on any atom is 0.312 e. The fraction of sp³-hybridized carbons (Fsp3) is 0.900. The molecule has 0 amide bonds. The number of carboxylic acid groups (broad SMARTS) is 1. The van der Waals surface area contributed by atoms with Gasteiger partial charge in [-0.15, -0.1) is 0 Å². The molecule has 2 bridgehead atoms. The molecule has 0 heterocycles. The molecule has 0 spiro atoms. The van der Waals surface area contributed by atoms with Crippen molar-refractivity contribution >= 4 is 5.97 Å². The third kappa shape index (κ3) is 0.857. The zero-order valence-electron chi connectivity index (χ0n) is 8.08. The van der Waals surface area contributed by atoms with Gasteiger partial charge in [0, 0.05) is 0 Å². The molecule has 2 fully saturated rings. The molecule has 2 aliphatic rings. The van der Waals surface area contributed by atoms with E-state index in [4.69, 9.17) is 5.11 Å². The third-order valence-electron chi connectivity index (χ3n) is 4.26. The molecule has 3 heteroatoms. The fourth-order valence-corrected chi connectivity index (χ4v) is 3.21. The first kappa shape index (κ1) is 9.00. The van der Waals surface area contributed by atoms with Gasteiger partial charge in [0.2, 0.25) is 0 Å². The average Bonchev–Trinajstić information content (AvgIpc) is 2.53. The van der Waals surface area contributed by atoms with Crippen LogP contribution in [-0.4, -0.2) is 22.3 Å². The van der Waals surface area contributed by atoms with E-state index < -0.39 is 17.5 Å². The number of hydrogen-bond donors (Lipinski definition) is 2. The highest BCUT2D eigenvalue weighted by Crippen LogP contribution is 2.62. The summed E-state index contributed by atoms with van der Waals surface area (Å²) < 4.78 is 0. The first-order valence-electron chi connectivity index (χ1n) is 4.83. The lowest BCUT2D eigenvalue weighted by molar-refractivity contribution is -0.159. The normalized spacial score (nSPS) is 46.7. The zero-order valence-corrected chi connectivity index (χ0v) is 8.08. The number of carbonyl (C=O) groups is 1. The Morgan fingerprint density at radius 3 is 2.38 bits per heavy atom. The second-order valence-corrected chi connectivity index (χ2v) is 5.12. The molecule has 2 aliphatic carbocycles. The smallest absolute Gasteiger partial charge is 0.312 e. The van der Waals surface area contributed by atoms with E-state index in [1.807, 2.05) is 13.8 Å². The Balaban J connectivity index is 2.40. The van der Waals surface area contributed by atoms with Crippen LogP contribution in [0.5, 0.6) is 0 Å². The van der Waals surface area contributed by atoms with Crippen molar-refractivity contribution < 1.29 is 15.0 Å². The number of aliphatic hydroxyl groups is 1. The predicted molar refractivity (Wildman–Crippen MR) is 47.2 cm³/mol. The molecular formula is C10H16O3. The van der Waals surface area contributed by atoms with Crippen LogP contribution in [0.15, 0.2) is 0 Å². The molecule has 0 saturated heterocycles. The highest BCUT2D eigenvalue weighted by Gasteiger charge is 2.65. The first-order chi connectivity index (χ1) is 5.91. The zero-order chi connectivity index (χ0) is 9.85. The quantitative estimate of drug-likeness (QED) is 0.645. The minimum absolute atomic E-state index is 0.212. The van der Waals surface area contributed by atoms with E-state index in [1.165, 1.54) is 0 Å². The number of aliphatic hydroxyl groups excluding tert-OH is 1. The molecule has 2 rings (SSSR count). The van der Waals surface area contributed by atoms with Gasteiger partial charge in [-0.3, -0.25) is 4.79 Å². The summed E-state index contributed by atoms with van der Waals surface area (Å²) in [5.41, 5.74) is -1.04. The van der Waals surface area contributed by atoms with E-state index in [0.29, 0.717) is 18.8 Å². The van der Waals surface area contributed by atoms with Crippen LogP contribution >= 0.6 is 0 Å². The van der Waals surface area contributed by atoms with Gasteiger partial charge in [-0.05, 0) is 30.6 Å². The van der Waals surface area contributed by atoms with Crippen molar-refractivity contribution in [3.05, 3.63) is 0 Å². The van der Waals surface area contributed by atoms with Gasteiger partial charge in [-0.25, -0.2) is 0 Å². The Hall–Kier alpha value is -0.570. The van der Waals surface area contributed by atoms with Crippen LogP contribution in [0.3, 0.4) is 0 Å². The van der Waals surface area contributed by atoms with Crippen LogP contribution in [0.25, 0.3) is 0 Å². The van der Waals surface area contributed by atoms with E-state index >= 15 is 0 Å². The minimum Gasteiger partial charge on any atom is -0.481 e. The molecule has 0 aromatic carbocycles. The summed E-state index contributed by atoms with van der Waals surface area (Å²) in [5.74, 6) is -0.424. The molecule has 0 aromatic rings. The molecular weight excluding hydrogens is 168 g/mol. The molecule has 13 heavy (non-hydrogen) atoms. The maximum absolute atomic E-state index is 11.1. The van der Waals surface area contributed by atoms with Gasteiger partial charge < -0.3 is 10.2 Å². The Morgan fingerprint density at radius 1 is 1.46 bits per heavy atom. The van der Waals surface area contributed by atoms with E-state index in [0.717, 1.165) is 6.42 Å². The topological polar surface area (TPSA) is 57.5 Å². The van der Waals surface area contributed by atoms with E-state index in [1.54, 1.807) is 0 Å². The van der Waals surface area contributed by atoms with Crippen molar-refractivity contribution in [2.24, 2.45) is 16.7 Å². The Labute approximate surface area is 77.8 Å². The molecule has 0 unspecified atom stereocenters. The highest BCUT2D eigenvalue weighted by molar-refractivity contribution is 5.77. The maximum atomic E-state index is 11.1. The molecule has 3 atom stereocenters. The minimum atomic E-state index is -0.825. The van der Waals surface area contributed by atoms with Crippen LogP contribution in [0, 0.1) is 16.7 Å². The van der Waals surface area contributed by atoms with Gasteiger partial charge in [0.1, 0.15) is 0 Å². The number of rotatable bonds is 1. The SMILES string of the molecule is CC1(C)[C@@H]2CC[C@@](C(=O)O)(C2)[C@H]1O. The van der Waals surface area contributed by atoms with Crippen molar-refractivity contribution in [1.82, 2.24) is 0 Å². The summed E-state index contributed by atoms with van der Waals surface area (Å²) in [6, 6.07) is 0. The first-order valence-corrected chi connectivity index (χ1v) is 4.83. The lowest BCUT2D eigenvalue weighted by atomic mass is 9.69. The van der Waals surface area contributed by atoms with Crippen molar-refractivity contribution in [1.29, 1.82) is 0 Å². The van der Waals surface area contributed by atoms with E-state index in [2.05, 4.69) is 0 Å². The van der Waals surface area contributed by atoms with Crippen LogP contribution in [0.2, 0.25) is 0 Å². The van der Waals surface area contributed by atoms with Gasteiger partial charge >= 0.3 is 5.97 Å². The predicted octanol–water partition coefficient (Wildman–Crippen LogP) is 1.26. The molecule has 2 N–H and O–H groups in total. The third-order valence-corrected chi connectivity index (χ3v) is 4.26. The number of fused-ring (bicyclic) bond motifs is 2. The van der Waals surface area contributed by atoms with Crippen LogP contribution < -0.4 is 0 Å². The Kier molecular flexibility index (Phi) is 1.57. The summed E-state index contributed by atoms with van der Waals surface area (Å²) in [4.78, 5) is 11.1. The second kappa shape index (κ2) is 2.27. The van der Waals surface area contributed by atoms with E-state index in [-0.39, 0.29) is 5.41 Å². The molecule has 3 nitrogen and oxygen atoms in total. The summed E-state index contributed by atoms with van der Waals surface area (Å²) in [6.07, 6.45) is 1.60. The summed E-state index contributed by atoms with van der Waals surface area (Å²) in [7, 11) is 0. The van der Waals surface area contributed by atoms with Gasteiger partial charge in [-0.2, -0.15) is 0 Å². The monoisotopic (exact) mass is 184 g/mol. The fourth-order valence-electron chi connectivity index (χ4n) is 3.21. The Morgan fingerprint density at radius 2 is 2.08 bits per heavy atom. The number of aliphatic carboxylic acids is 1. The molecule has 0 radical (unpaired) electrons. The summed E-state index contributed by atoms with van der Waals surface area (Å²) in [6.45, 7) is 3.96. The molecule has 74 valence electrons. The molecule has 0 aromatic heterocycles. The van der Waals surface area contributed by atoms with Gasteiger partial charge in [0.05, 0.1) is 11.5 Å². The lowest BCUT2D eigenvalue weighted by Gasteiger charge is -2.38. The van der Waals surface area contributed by atoms with Crippen molar-refractivity contribution in [2.45, 2.75) is 39.2 Å². The highest BCUT2D eigenvalue weighted by atomic mass is 16.4. The van der Waals surface area contributed by atoms with Crippen molar-refractivity contribution in [3.63, 3.8) is 0 Å². The lowest BCUT2D eigenvalue weighted by Crippen LogP contribution is -2.45. The standard InChI is InChI=1S/C10H16O3/c1-9(2)6-3-4-10(5-6,7(9)11)8(12)13/h6-7,11H,3-5H2,1-2H3,(H,12,13)/t6-,7+,10-/m1/s1. The van der Waals surface area contributed by atoms with E-state index in [9.17, 15) is 9.90 Å². The van der Waals surface area contributed by atoms with Gasteiger partial charge in [-0.1, -0.05) is 13.8 Å². The summed E-state index contributed by atoms with van der Waals surface area (Å²) in [5, 5.41) is 19.1. The van der Waals surface area contributed by atoms with Gasteiger partial charge in [0.25, 0.3) is 0 Å². The Bertz CT molecular complexity index is 259.